The molecule has 1 nitrogen and oxygen atoms in total. The summed E-state index contributed by atoms with van der Waals surface area (Å²) in [6, 6.07) is 99.0. The van der Waals surface area contributed by atoms with Crippen molar-refractivity contribution in [2.24, 2.45) is 0 Å². The first-order valence-corrected chi connectivity index (χ1v) is 27.7. The minimum Gasteiger partial charge on any atom is -0.455 e. The van der Waals surface area contributed by atoms with Gasteiger partial charge < -0.3 is 4.42 Å². The Bertz CT molecular complexity index is 5280. The zero-order chi connectivity index (χ0) is 51.0. The third-order valence-electron chi connectivity index (χ3n) is 16.8. The molecular formula is C76H44OS. The van der Waals surface area contributed by atoms with E-state index in [1.54, 1.807) is 0 Å². The van der Waals surface area contributed by atoms with Crippen molar-refractivity contribution in [3.05, 3.63) is 267 Å². The zero-order valence-electron chi connectivity index (χ0n) is 42.2. The Hall–Kier alpha value is -9.86. The standard InChI is InChI=1S/C76H44OS/c1-2-20-49-45(18-1)19-15-33-54(49)72-57-26-7-5-24-55(57)71(56-25-6-8-27-58(56)72)48-40-41-70-67(44-48)64-35-16-32-50(76(64)78-70)46-38-39-47-43-68(52-22-4-3-21-51(52)66(47)42-46)74-61-30-11-9-28-59(61)73(60-29-10-12-31-62(60)74)65-36-17-34-63-53-23-13-14-37-69(53)77-75(63)65/h1-44H. The second kappa shape index (κ2) is 16.8. The summed E-state index contributed by atoms with van der Waals surface area (Å²) in [4.78, 5) is 0. The molecule has 0 fully saturated rings. The maximum absolute atomic E-state index is 6.71. The van der Waals surface area contributed by atoms with Crippen LogP contribution in [0.15, 0.2) is 271 Å². The molecule has 0 radical (unpaired) electrons. The second-order valence-corrected chi connectivity index (χ2v) is 21.9. The highest BCUT2D eigenvalue weighted by molar-refractivity contribution is 7.26. The van der Waals surface area contributed by atoms with Crippen LogP contribution in [0.25, 0.3) is 173 Å². The van der Waals surface area contributed by atoms with Crippen LogP contribution in [0, 0.1) is 0 Å². The van der Waals surface area contributed by atoms with Crippen LogP contribution in [0.1, 0.15) is 0 Å². The minimum absolute atomic E-state index is 0.907. The predicted octanol–water partition coefficient (Wildman–Crippen LogP) is 22.4. The highest BCUT2D eigenvalue weighted by Crippen LogP contribution is 2.51. The largest absolute Gasteiger partial charge is 0.455 e. The topological polar surface area (TPSA) is 13.1 Å². The Kier molecular flexibility index (Phi) is 9.36. The lowest BCUT2D eigenvalue weighted by atomic mass is 9.83. The molecule has 0 aliphatic carbocycles. The molecule has 15 aromatic carbocycles. The third kappa shape index (κ3) is 6.30. The van der Waals surface area contributed by atoms with E-state index in [9.17, 15) is 0 Å². The molecule has 17 aromatic rings. The van der Waals surface area contributed by atoms with Gasteiger partial charge >= 0.3 is 0 Å². The van der Waals surface area contributed by atoms with Crippen molar-refractivity contribution in [3.8, 4) is 55.6 Å². The summed E-state index contributed by atoms with van der Waals surface area (Å²) in [6.45, 7) is 0. The van der Waals surface area contributed by atoms with E-state index in [-0.39, 0.29) is 0 Å². The molecule has 17 rings (SSSR count). The Balaban J connectivity index is 0.826. The van der Waals surface area contributed by atoms with Crippen molar-refractivity contribution in [2.45, 2.75) is 0 Å². The first-order chi connectivity index (χ1) is 38.7. The molecule has 0 unspecified atom stereocenters. The third-order valence-corrected chi connectivity index (χ3v) is 18.0. The molecule has 0 amide bonds. The van der Waals surface area contributed by atoms with Gasteiger partial charge in [0.15, 0.2) is 0 Å². The van der Waals surface area contributed by atoms with Crippen LogP contribution in [0.5, 0.6) is 0 Å². The van der Waals surface area contributed by atoms with Gasteiger partial charge in [-0.1, -0.05) is 237 Å². The van der Waals surface area contributed by atoms with Gasteiger partial charge in [0.1, 0.15) is 11.2 Å². The van der Waals surface area contributed by atoms with Gasteiger partial charge in [-0.2, -0.15) is 0 Å². The van der Waals surface area contributed by atoms with Crippen molar-refractivity contribution < 1.29 is 4.42 Å². The van der Waals surface area contributed by atoms with Crippen LogP contribution in [0.2, 0.25) is 0 Å². The molecule has 360 valence electrons. The Labute approximate surface area is 453 Å². The van der Waals surface area contributed by atoms with E-state index in [0.29, 0.717) is 0 Å². The average molecular weight is 1010 g/mol. The maximum atomic E-state index is 6.71. The zero-order valence-corrected chi connectivity index (χ0v) is 43.0. The number of para-hydroxylation sites is 2. The summed E-state index contributed by atoms with van der Waals surface area (Å²) >= 11 is 1.90. The van der Waals surface area contributed by atoms with Gasteiger partial charge in [-0.3, -0.25) is 0 Å². The Morgan fingerprint density at radius 2 is 0.692 bits per heavy atom. The van der Waals surface area contributed by atoms with Crippen molar-refractivity contribution in [3.63, 3.8) is 0 Å². The Morgan fingerprint density at radius 1 is 0.231 bits per heavy atom. The van der Waals surface area contributed by atoms with Crippen LogP contribution in [0.3, 0.4) is 0 Å². The van der Waals surface area contributed by atoms with Crippen molar-refractivity contribution in [1.82, 2.24) is 0 Å². The highest BCUT2D eigenvalue weighted by Gasteiger charge is 2.23. The molecule has 2 heteroatoms. The number of hydrogen-bond donors (Lipinski definition) is 0. The van der Waals surface area contributed by atoms with Crippen LogP contribution >= 0.6 is 11.3 Å². The highest BCUT2D eigenvalue weighted by atomic mass is 32.1. The van der Waals surface area contributed by atoms with E-state index in [2.05, 4.69) is 267 Å². The predicted molar refractivity (Wildman–Crippen MR) is 336 cm³/mol. The van der Waals surface area contributed by atoms with Gasteiger partial charge in [0, 0.05) is 42.1 Å². The van der Waals surface area contributed by atoms with Gasteiger partial charge in [0.2, 0.25) is 0 Å². The molecule has 0 aliphatic heterocycles. The van der Waals surface area contributed by atoms with Crippen LogP contribution in [-0.2, 0) is 0 Å². The fraction of sp³-hybridized carbons (Fsp3) is 0. The number of furan rings is 1. The number of fused-ring (bicyclic) bond motifs is 14. The molecule has 78 heavy (non-hydrogen) atoms. The summed E-state index contributed by atoms with van der Waals surface area (Å²) in [5.41, 5.74) is 14.2. The number of rotatable bonds is 5. The van der Waals surface area contributed by atoms with Gasteiger partial charge in [0.25, 0.3) is 0 Å². The normalized spacial score (nSPS) is 12.1. The van der Waals surface area contributed by atoms with E-state index in [1.807, 2.05) is 11.3 Å². The second-order valence-electron chi connectivity index (χ2n) is 20.9. The van der Waals surface area contributed by atoms with E-state index in [0.717, 1.165) is 27.5 Å². The minimum atomic E-state index is 0.907. The monoisotopic (exact) mass is 1000 g/mol. The van der Waals surface area contributed by atoms with Gasteiger partial charge in [0.05, 0.1) is 0 Å². The smallest absolute Gasteiger partial charge is 0.143 e. The maximum Gasteiger partial charge on any atom is 0.143 e. The molecule has 0 atom stereocenters. The quantitative estimate of drug-likeness (QED) is 0.124. The summed E-state index contributed by atoms with van der Waals surface area (Å²) < 4.78 is 9.31. The summed E-state index contributed by atoms with van der Waals surface area (Å²) in [5, 5.41) is 22.2. The number of thiophene rings is 1. The van der Waals surface area contributed by atoms with Crippen molar-refractivity contribution in [1.29, 1.82) is 0 Å². The summed E-state index contributed by atoms with van der Waals surface area (Å²) in [6.07, 6.45) is 0. The van der Waals surface area contributed by atoms with Crippen LogP contribution in [0.4, 0.5) is 0 Å². The van der Waals surface area contributed by atoms with Crippen LogP contribution in [-0.4, -0.2) is 0 Å². The first-order valence-electron chi connectivity index (χ1n) is 26.9. The molecule has 0 aliphatic rings. The lowest BCUT2D eigenvalue weighted by Gasteiger charge is -2.20. The molecule has 0 saturated heterocycles. The Morgan fingerprint density at radius 3 is 1.37 bits per heavy atom. The summed E-state index contributed by atoms with van der Waals surface area (Å²) in [7, 11) is 0. The lowest BCUT2D eigenvalue weighted by Crippen LogP contribution is -1.92. The molecule has 2 heterocycles. The SMILES string of the molecule is c1ccc2c(-c3c4ccccc4c(-c4ccc5sc6c(-c7ccc8cc(-c9c%10ccccc%10c(-c%10cccc%11c%10oc%10ccccc%10%11)c%10ccccc9%10)c9ccccc9c8c7)cccc6c5c4)c4ccccc34)cccc2c1. The fourth-order valence-corrected chi connectivity index (χ4v) is 14.7. The molecule has 0 N–H and O–H groups in total. The van der Waals surface area contributed by atoms with Crippen molar-refractivity contribution >= 4 is 129 Å². The van der Waals surface area contributed by atoms with Crippen LogP contribution < -0.4 is 0 Å². The molecule has 0 bridgehead atoms. The van der Waals surface area contributed by atoms with E-state index < -0.39 is 0 Å². The summed E-state index contributed by atoms with van der Waals surface area (Å²) in [5.74, 6) is 0. The fourth-order valence-electron chi connectivity index (χ4n) is 13.5. The van der Waals surface area contributed by atoms with E-state index in [1.165, 1.54) is 146 Å². The van der Waals surface area contributed by atoms with Gasteiger partial charge in [-0.25, -0.2) is 0 Å². The number of hydrogen-bond acceptors (Lipinski definition) is 2. The lowest BCUT2D eigenvalue weighted by molar-refractivity contribution is 0.670. The number of benzene rings is 15. The van der Waals surface area contributed by atoms with E-state index in [4.69, 9.17) is 4.42 Å². The van der Waals surface area contributed by atoms with E-state index >= 15 is 0 Å². The van der Waals surface area contributed by atoms with Gasteiger partial charge in [-0.05, 0) is 150 Å². The molecule has 0 saturated carbocycles. The molecule has 2 aromatic heterocycles. The van der Waals surface area contributed by atoms with Crippen molar-refractivity contribution in [2.75, 3.05) is 0 Å². The average Bonchev–Trinajstić information content (AvgIpc) is 4.22. The first kappa shape index (κ1) is 43.4. The molecule has 0 spiro atoms. The molecular weight excluding hydrogens is 961 g/mol. The van der Waals surface area contributed by atoms with Gasteiger partial charge in [-0.15, -0.1) is 11.3 Å².